The summed E-state index contributed by atoms with van der Waals surface area (Å²) < 4.78 is 5.22. The minimum Gasteiger partial charge on any atom is -0.460 e. The van der Waals surface area contributed by atoms with E-state index in [1.807, 2.05) is 19.1 Å². The molecule has 0 bridgehead atoms. The van der Waals surface area contributed by atoms with Crippen molar-refractivity contribution in [3.05, 3.63) is 36.2 Å². The topological polar surface area (TPSA) is 52.0 Å². The van der Waals surface area contributed by atoms with E-state index in [2.05, 4.69) is 4.98 Å². The lowest BCUT2D eigenvalue weighted by atomic mass is 10.2. The summed E-state index contributed by atoms with van der Waals surface area (Å²) in [5.74, 6) is 0.642. The smallest absolute Gasteiger partial charge is 0.175 e. The number of furan rings is 1. The van der Waals surface area contributed by atoms with Gasteiger partial charge in [0.1, 0.15) is 5.69 Å². The normalized spacial score (nSPS) is 10.2. The standard InChI is InChI=1S/C10H10N2O/c1-7-2-4-12-9(6-7)10-8(11)3-5-13-10/h2-6H,11H2,1H3. The summed E-state index contributed by atoms with van der Waals surface area (Å²) in [6.45, 7) is 2.00. The Balaban J connectivity index is 2.53. The van der Waals surface area contributed by atoms with Crippen molar-refractivity contribution in [3.8, 4) is 11.5 Å². The first-order valence-corrected chi connectivity index (χ1v) is 4.03. The number of pyridine rings is 1. The zero-order chi connectivity index (χ0) is 9.26. The summed E-state index contributed by atoms with van der Waals surface area (Å²) in [7, 11) is 0. The molecule has 13 heavy (non-hydrogen) atoms. The van der Waals surface area contributed by atoms with Crippen molar-refractivity contribution < 1.29 is 4.42 Å². The third kappa shape index (κ3) is 1.40. The number of rotatable bonds is 1. The van der Waals surface area contributed by atoms with Gasteiger partial charge in [-0.2, -0.15) is 0 Å². The summed E-state index contributed by atoms with van der Waals surface area (Å²) in [4.78, 5) is 4.17. The predicted octanol–water partition coefficient (Wildman–Crippen LogP) is 2.23. The molecule has 3 nitrogen and oxygen atoms in total. The quantitative estimate of drug-likeness (QED) is 0.721. The van der Waals surface area contributed by atoms with Crippen LogP contribution >= 0.6 is 0 Å². The monoisotopic (exact) mass is 174 g/mol. The zero-order valence-electron chi connectivity index (χ0n) is 7.32. The molecule has 0 aliphatic rings. The fourth-order valence-electron chi connectivity index (χ4n) is 1.19. The molecule has 2 heterocycles. The Labute approximate surface area is 76.2 Å². The van der Waals surface area contributed by atoms with Crippen LogP contribution in [0.15, 0.2) is 35.1 Å². The second kappa shape index (κ2) is 2.94. The molecule has 0 aliphatic heterocycles. The van der Waals surface area contributed by atoms with Gasteiger partial charge in [0.15, 0.2) is 5.76 Å². The number of nitrogens with zero attached hydrogens (tertiary/aromatic N) is 1. The van der Waals surface area contributed by atoms with E-state index in [4.69, 9.17) is 10.2 Å². The fraction of sp³-hybridized carbons (Fsp3) is 0.100. The second-order valence-corrected chi connectivity index (χ2v) is 2.92. The maximum atomic E-state index is 5.69. The van der Waals surface area contributed by atoms with Crippen molar-refractivity contribution in [2.24, 2.45) is 0 Å². The van der Waals surface area contributed by atoms with E-state index in [0.717, 1.165) is 11.3 Å². The van der Waals surface area contributed by atoms with E-state index in [-0.39, 0.29) is 0 Å². The van der Waals surface area contributed by atoms with Gasteiger partial charge in [0.05, 0.1) is 12.0 Å². The maximum Gasteiger partial charge on any atom is 0.175 e. The third-order valence-corrected chi connectivity index (χ3v) is 1.84. The molecule has 0 amide bonds. The summed E-state index contributed by atoms with van der Waals surface area (Å²) >= 11 is 0. The highest BCUT2D eigenvalue weighted by Gasteiger charge is 2.06. The van der Waals surface area contributed by atoms with Gasteiger partial charge in [0, 0.05) is 12.3 Å². The van der Waals surface area contributed by atoms with Gasteiger partial charge in [-0.15, -0.1) is 0 Å². The van der Waals surface area contributed by atoms with E-state index >= 15 is 0 Å². The number of aryl methyl sites for hydroxylation is 1. The highest BCUT2D eigenvalue weighted by molar-refractivity contribution is 5.67. The Kier molecular flexibility index (Phi) is 1.77. The first kappa shape index (κ1) is 7.86. The van der Waals surface area contributed by atoms with Gasteiger partial charge in [-0.05, 0) is 24.6 Å². The average molecular weight is 174 g/mol. The lowest BCUT2D eigenvalue weighted by Gasteiger charge is -1.98. The fourth-order valence-corrected chi connectivity index (χ4v) is 1.19. The van der Waals surface area contributed by atoms with Crippen LogP contribution in [-0.4, -0.2) is 4.98 Å². The van der Waals surface area contributed by atoms with Crippen LogP contribution in [0, 0.1) is 6.92 Å². The largest absolute Gasteiger partial charge is 0.460 e. The number of hydrogen-bond donors (Lipinski definition) is 1. The number of anilines is 1. The molecule has 2 rings (SSSR count). The molecule has 0 atom stereocenters. The number of hydrogen-bond acceptors (Lipinski definition) is 3. The Bertz CT molecular complexity index is 420. The van der Waals surface area contributed by atoms with Gasteiger partial charge < -0.3 is 10.2 Å². The Morgan fingerprint density at radius 2 is 2.23 bits per heavy atom. The Morgan fingerprint density at radius 1 is 1.38 bits per heavy atom. The molecule has 2 aromatic rings. The molecule has 0 saturated heterocycles. The van der Waals surface area contributed by atoms with E-state index in [0.29, 0.717) is 11.4 Å². The maximum absolute atomic E-state index is 5.69. The lowest BCUT2D eigenvalue weighted by molar-refractivity contribution is 0.581. The van der Waals surface area contributed by atoms with Crippen molar-refractivity contribution in [1.82, 2.24) is 4.98 Å². The van der Waals surface area contributed by atoms with Crippen LogP contribution in [-0.2, 0) is 0 Å². The van der Waals surface area contributed by atoms with Crippen molar-refractivity contribution in [2.45, 2.75) is 6.92 Å². The minimum absolute atomic E-state index is 0.623. The first-order valence-electron chi connectivity index (χ1n) is 4.03. The van der Waals surface area contributed by atoms with Gasteiger partial charge in [0.2, 0.25) is 0 Å². The molecular formula is C10H10N2O. The molecule has 0 aliphatic carbocycles. The van der Waals surface area contributed by atoms with Crippen LogP contribution in [0.25, 0.3) is 11.5 Å². The van der Waals surface area contributed by atoms with Gasteiger partial charge in [-0.3, -0.25) is 4.98 Å². The van der Waals surface area contributed by atoms with Crippen LogP contribution in [0.5, 0.6) is 0 Å². The summed E-state index contributed by atoms with van der Waals surface area (Å²) in [6, 6.07) is 5.59. The summed E-state index contributed by atoms with van der Waals surface area (Å²) in [5, 5.41) is 0. The molecule has 0 fully saturated rings. The highest BCUT2D eigenvalue weighted by atomic mass is 16.3. The predicted molar refractivity (Wildman–Crippen MR) is 51.1 cm³/mol. The van der Waals surface area contributed by atoms with E-state index in [1.165, 1.54) is 0 Å². The van der Waals surface area contributed by atoms with Gasteiger partial charge >= 0.3 is 0 Å². The third-order valence-electron chi connectivity index (χ3n) is 1.84. The zero-order valence-corrected chi connectivity index (χ0v) is 7.32. The second-order valence-electron chi connectivity index (χ2n) is 2.92. The van der Waals surface area contributed by atoms with Gasteiger partial charge in [-0.25, -0.2) is 0 Å². The highest BCUT2D eigenvalue weighted by Crippen LogP contribution is 2.24. The molecule has 3 heteroatoms. The van der Waals surface area contributed by atoms with Gasteiger partial charge in [0.25, 0.3) is 0 Å². The first-order chi connectivity index (χ1) is 6.27. The molecule has 66 valence electrons. The van der Waals surface area contributed by atoms with Crippen molar-refractivity contribution in [2.75, 3.05) is 5.73 Å². The lowest BCUT2D eigenvalue weighted by Crippen LogP contribution is -1.87. The molecule has 2 aromatic heterocycles. The summed E-state index contributed by atoms with van der Waals surface area (Å²) in [5.41, 5.74) is 8.23. The van der Waals surface area contributed by atoms with Crippen molar-refractivity contribution in [1.29, 1.82) is 0 Å². The van der Waals surface area contributed by atoms with Crippen molar-refractivity contribution in [3.63, 3.8) is 0 Å². The minimum atomic E-state index is 0.623. The van der Waals surface area contributed by atoms with Crippen molar-refractivity contribution >= 4 is 5.69 Å². The van der Waals surface area contributed by atoms with Crippen LogP contribution in [0.4, 0.5) is 5.69 Å². The Hall–Kier alpha value is -1.77. The van der Waals surface area contributed by atoms with E-state index in [9.17, 15) is 0 Å². The molecule has 0 aromatic carbocycles. The van der Waals surface area contributed by atoms with Crippen LogP contribution in [0.3, 0.4) is 0 Å². The summed E-state index contributed by atoms with van der Waals surface area (Å²) in [6.07, 6.45) is 3.31. The number of nitrogen functional groups attached to an aromatic ring is 1. The van der Waals surface area contributed by atoms with Gasteiger partial charge in [-0.1, -0.05) is 0 Å². The van der Waals surface area contributed by atoms with Crippen LogP contribution in [0.1, 0.15) is 5.56 Å². The number of nitrogens with two attached hydrogens (primary N) is 1. The number of aromatic nitrogens is 1. The molecule has 0 unspecified atom stereocenters. The molecular weight excluding hydrogens is 164 g/mol. The average Bonchev–Trinajstić information content (AvgIpc) is 2.51. The van der Waals surface area contributed by atoms with Crippen LogP contribution < -0.4 is 5.73 Å². The Morgan fingerprint density at radius 3 is 2.85 bits per heavy atom. The SMILES string of the molecule is Cc1ccnc(-c2occc2N)c1. The molecule has 0 saturated carbocycles. The van der Waals surface area contributed by atoms with E-state index < -0.39 is 0 Å². The van der Waals surface area contributed by atoms with E-state index in [1.54, 1.807) is 18.5 Å². The molecule has 0 radical (unpaired) electrons. The molecule has 2 N–H and O–H groups in total. The van der Waals surface area contributed by atoms with Crippen LogP contribution in [0.2, 0.25) is 0 Å². The molecule has 0 spiro atoms.